The lowest BCUT2D eigenvalue weighted by Gasteiger charge is -2.14. The minimum atomic E-state index is 0.120. The molecule has 0 spiro atoms. The highest BCUT2D eigenvalue weighted by atomic mass is 16.5. The molecule has 2 aromatic heterocycles. The van der Waals surface area contributed by atoms with E-state index >= 15 is 0 Å². The molecule has 2 aromatic rings. The summed E-state index contributed by atoms with van der Waals surface area (Å²) in [6.45, 7) is 7.88. The summed E-state index contributed by atoms with van der Waals surface area (Å²) in [5.41, 5.74) is 2.18. The van der Waals surface area contributed by atoms with Gasteiger partial charge in [0, 0.05) is 24.6 Å². The molecule has 2 rings (SSSR count). The Hall–Kier alpha value is -1.97. The number of anilines is 1. The van der Waals surface area contributed by atoms with Gasteiger partial charge in [-0.1, -0.05) is 0 Å². The molecule has 0 saturated heterocycles. The van der Waals surface area contributed by atoms with E-state index in [0.29, 0.717) is 5.88 Å². The quantitative estimate of drug-likeness (QED) is 0.865. The molecular formula is C15H21N3O. The van der Waals surface area contributed by atoms with E-state index in [4.69, 9.17) is 4.74 Å². The molecular weight excluding hydrogens is 238 g/mol. The van der Waals surface area contributed by atoms with Crippen molar-refractivity contribution in [3.05, 3.63) is 42.4 Å². The van der Waals surface area contributed by atoms with Gasteiger partial charge in [0.15, 0.2) is 0 Å². The molecule has 0 unspecified atom stereocenters. The first kappa shape index (κ1) is 13.5. The first-order valence-corrected chi connectivity index (χ1v) is 6.70. The number of pyridine rings is 1. The second-order valence-electron chi connectivity index (χ2n) is 4.66. The summed E-state index contributed by atoms with van der Waals surface area (Å²) in [5.74, 6) is 0.659. The van der Waals surface area contributed by atoms with Crippen molar-refractivity contribution in [2.75, 3.05) is 5.32 Å². The zero-order chi connectivity index (χ0) is 13.7. The fourth-order valence-electron chi connectivity index (χ4n) is 1.95. The molecule has 4 nitrogen and oxygen atoms in total. The highest BCUT2D eigenvalue weighted by Gasteiger charge is 2.07. The largest absolute Gasteiger partial charge is 0.473 e. The summed E-state index contributed by atoms with van der Waals surface area (Å²) in [6, 6.07) is 8.09. The number of rotatable bonds is 6. The third-order valence-electron chi connectivity index (χ3n) is 2.84. The fraction of sp³-hybridized carbons (Fsp3) is 0.400. The topological polar surface area (TPSA) is 39.1 Å². The van der Waals surface area contributed by atoms with E-state index in [2.05, 4.69) is 40.1 Å². The number of nitrogens with zero attached hydrogens (tertiary/aromatic N) is 2. The number of hydrogen-bond donors (Lipinski definition) is 1. The SMILES string of the molecule is CCn1cccc1CNc1cccnc1OC(C)C. The van der Waals surface area contributed by atoms with Gasteiger partial charge in [0.05, 0.1) is 18.3 Å². The first-order chi connectivity index (χ1) is 9.20. The van der Waals surface area contributed by atoms with Crippen molar-refractivity contribution in [3.8, 4) is 5.88 Å². The van der Waals surface area contributed by atoms with Crippen LogP contribution in [0.1, 0.15) is 26.5 Å². The minimum absolute atomic E-state index is 0.120. The lowest BCUT2D eigenvalue weighted by atomic mass is 10.3. The van der Waals surface area contributed by atoms with Crippen LogP contribution >= 0.6 is 0 Å². The number of aromatic nitrogens is 2. The van der Waals surface area contributed by atoms with E-state index < -0.39 is 0 Å². The van der Waals surface area contributed by atoms with Crippen LogP contribution < -0.4 is 10.1 Å². The predicted molar refractivity (Wildman–Crippen MR) is 77.4 cm³/mol. The zero-order valence-electron chi connectivity index (χ0n) is 11.8. The molecule has 2 heterocycles. The maximum atomic E-state index is 5.69. The second kappa shape index (κ2) is 6.27. The van der Waals surface area contributed by atoms with Crippen LogP contribution in [-0.2, 0) is 13.1 Å². The predicted octanol–water partition coefficient (Wildman–Crippen LogP) is 3.30. The van der Waals surface area contributed by atoms with Gasteiger partial charge < -0.3 is 14.6 Å². The van der Waals surface area contributed by atoms with Gasteiger partial charge in [0.25, 0.3) is 0 Å². The Kier molecular flexibility index (Phi) is 4.44. The molecule has 4 heteroatoms. The molecule has 0 aromatic carbocycles. The molecule has 102 valence electrons. The second-order valence-corrected chi connectivity index (χ2v) is 4.66. The van der Waals surface area contributed by atoms with Crippen LogP contribution in [0, 0.1) is 0 Å². The molecule has 1 N–H and O–H groups in total. The summed E-state index contributed by atoms with van der Waals surface area (Å²) >= 11 is 0. The molecule has 0 radical (unpaired) electrons. The van der Waals surface area contributed by atoms with Crippen molar-refractivity contribution in [2.45, 2.75) is 40.0 Å². The van der Waals surface area contributed by atoms with Gasteiger partial charge in [-0.2, -0.15) is 0 Å². The van der Waals surface area contributed by atoms with Crippen LogP contribution in [0.15, 0.2) is 36.7 Å². The van der Waals surface area contributed by atoms with Crippen LogP contribution in [0.2, 0.25) is 0 Å². The first-order valence-electron chi connectivity index (χ1n) is 6.70. The summed E-state index contributed by atoms with van der Waals surface area (Å²) in [5, 5.41) is 3.39. The van der Waals surface area contributed by atoms with Crippen LogP contribution in [0.5, 0.6) is 5.88 Å². The normalized spacial score (nSPS) is 10.7. The lowest BCUT2D eigenvalue weighted by Crippen LogP contribution is -2.11. The number of nitrogens with one attached hydrogen (secondary N) is 1. The van der Waals surface area contributed by atoms with E-state index in [0.717, 1.165) is 18.8 Å². The Morgan fingerprint density at radius 1 is 1.32 bits per heavy atom. The van der Waals surface area contributed by atoms with Gasteiger partial charge in [-0.15, -0.1) is 0 Å². The van der Waals surface area contributed by atoms with Gasteiger partial charge >= 0.3 is 0 Å². The van der Waals surface area contributed by atoms with Crippen LogP contribution in [0.4, 0.5) is 5.69 Å². The smallest absolute Gasteiger partial charge is 0.237 e. The minimum Gasteiger partial charge on any atom is -0.473 e. The van der Waals surface area contributed by atoms with E-state index in [1.54, 1.807) is 6.20 Å². The maximum Gasteiger partial charge on any atom is 0.237 e. The van der Waals surface area contributed by atoms with Gasteiger partial charge in [0.1, 0.15) is 0 Å². The maximum absolute atomic E-state index is 5.69. The van der Waals surface area contributed by atoms with E-state index in [9.17, 15) is 0 Å². The zero-order valence-corrected chi connectivity index (χ0v) is 11.8. The third kappa shape index (κ3) is 3.50. The molecule has 0 aliphatic carbocycles. The number of aryl methyl sites for hydroxylation is 1. The average molecular weight is 259 g/mol. The summed E-state index contributed by atoms with van der Waals surface area (Å²) in [7, 11) is 0. The van der Waals surface area contributed by atoms with Gasteiger partial charge in [-0.3, -0.25) is 0 Å². The van der Waals surface area contributed by atoms with Gasteiger partial charge in [-0.05, 0) is 45.0 Å². The molecule has 0 amide bonds. The van der Waals surface area contributed by atoms with Crippen molar-refractivity contribution in [1.82, 2.24) is 9.55 Å². The van der Waals surface area contributed by atoms with E-state index in [-0.39, 0.29) is 6.10 Å². The highest BCUT2D eigenvalue weighted by molar-refractivity contribution is 5.52. The Bertz CT molecular complexity index is 520. The molecule has 0 bridgehead atoms. The molecule has 0 fully saturated rings. The Morgan fingerprint density at radius 3 is 2.89 bits per heavy atom. The number of hydrogen-bond acceptors (Lipinski definition) is 3. The van der Waals surface area contributed by atoms with E-state index in [1.165, 1.54) is 5.69 Å². The van der Waals surface area contributed by atoms with Crippen LogP contribution in [-0.4, -0.2) is 15.7 Å². The summed E-state index contributed by atoms with van der Waals surface area (Å²) in [4.78, 5) is 4.27. The fourth-order valence-corrected chi connectivity index (χ4v) is 1.95. The monoisotopic (exact) mass is 259 g/mol. The highest BCUT2D eigenvalue weighted by Crippen LogP contribution is 2.22. The summed E-state index contributed by atoms with van der Waals surface area (Å²) < 4.78 is 7.91. The lowest BCUT2D eigenvalue weighted by molar-refractivity contribution is 0.234. The van der Waals surface area contributed by atoms with Gasteiger partial charge in [-0.25, -0.2) is 4.98 Å². The third-order valence-corrected chi connectivity index (χ3v) is 2.84. The average Bonchev–Trinajstić information content (AvgIpc) is 2.84. The van der Waals surface area contributed by atoms with Gasteiger partial charge in [0.2, 0.25) is 5.88 Å². The molecule has 0 atom stereocenters. The van der Waals surface area contributed by atoms with Crippen LogP contribution in [0.25, 0.3) is 0 Å². The molecule has 0 aliphatic rings. The van der Waals surface area contributed by atoms with Crippen molar-refractivity contribution in [2.24, 2.45) is 0 Å². The van der Waals surface area contributed by atoms with Crippen molar-refractivity contribution < 1.29 is 4.74 Å². The molecule has 0 saturated carbocycles. The van der Waals surface area contributed by atoms with Crippen molar-refractivity contribution >= 4 is 5.69 Å². The standard InChI is InChI=1S/C15H21N3O/c1-4-18-10-6-7-13(18)11-17-14-8-5-9-16-15(14)19-12(2)3/h5-10,12,17H,4,11H2,1-3H3. The van der Waals surface area contributed by atoms with E-state index in [1.807, 2.05) is 26.0 Å². The van der Waals surface area contributed by atoms with Crippen molar-refractivity contribution in [3.63, 3.8) is 0 Å². The number of ether oxygens (including phenoxy) is 1. The molecule has 19 heavy (non-hydrogen) atoms. The molecule has 0 aliphatic heterocycles. The Morgan fingerprint density at radius 2 is 2.16 bits per heavy atom. The van der Waals surface area contributed by atoms with Crippen LogP contribution in [0.3, 0.4) is 0 Å². The van der Waals surface area contributed by atoms with Crippen molar-refractivity contribution in [1.29, 1.82) is 0 Å². The summed E-state index contributed by atoms with van der Waals surface area (Å²) in [6.07, 6.45) is 3.96. The Labute approximate surface area is 114 Å². The Balaban J connectivity index is 2.07.